The van der Waals surface area contributed by atoms with Crippen LogP contribution in [0.5, 0.6) is 0 Å². The van der Waals surface area contributed by atoms with E-state index in [4.69, 9.17) is 10.6 Å². The smallest absolute Gasteiger partial charge is 0.245 e. The van der Waals surface area contributed by atoms with Crippen LogP contribution in [0.15, 0.2) is 12.4 Å². The minimum Gasteiger partial charge on any atom is -0.368 e. The van der Waals surface area contributed by atoms with Gasteiger partial charge in [0.1, 0.15) is 12.4 Å². The third kappa shape index (κ3) is 3.15. The number of nitrogens with two attached hydrogens (primary N) is 1. The van der Waals surface area contributed by atoms with Gasteiger partial charge in [0.25, 0.3) is 0 Å². The predicted molar refractivity (Wildman–Crippen MR) is 49.9 cm³/mol. The summed E-state index contributed by atoms with van der Waals surface area (Å²) in [7, 11) is 0. The lowest BCUT2D eigenvalue weighted by molar-refractivity contribution is -0.125. The lowest BCUT2D eigenvalue weighted by atomic mass is 10.6. The van der Waals surface area contributed by atoms with Crippen LogP contribution in [0.3, 0.4) is 0 Å². The Bertz CT molecular complexity index is 297. The van der Waals surface area contributed by atoms with Crippen molar-refractivity contribution in [2.75, 3.05) is 6.61 Å². The van der Waals surface area contributed by atoms with E-state index in [1.165, 1.54) is 0 Å². The quantitative estimate of drug-likeness (QED) is 0.473. The number of aromatic nitrogens is 2. The van der Waals surface area contributed by atoms with Crippen molar-refractivity contribution in [2.45, 2.75) is 20.0 Å². The van der Waals surface area contributed by atoms with E-state index < -0.39 is 5.91 Å². The highest BCUT2D eigenvalue weighted by molar-refractivity contribution is 5.74. The van der Waals surface area contributed by atoms with Gasteiger partial charge in [-0.05, 0) is 6.92 Å². The summed E-state index contributed by atoms with van der Waals surface area (Å²) in [6.45, 7) is 3.20. The summed E-state index contributed by atoms with van der Waals surface area (Å²) in [6.07, 6.45) is 3.60. The van der Waals surface area contributed by atoms with E-state index in [1.54, 1.807) is 6.20 Å². The molecular weight excluding hydrogens is 184 g/mol. The molecule has 14 heavy (non-hydrogen) atoms. The van der Waals surface area contributed by atoms with Crippen molar-refractivity contribution in [1.82, 2.24) is 15.0 Å². The van der Waals surface area contributed by atoms with E-state index in [2.05, 4.69) is 10.5 Å². The highest BCUT2D eigenvalue weighted by atomic mass is 16.6. The summed E-state index contributed by atoms with van der Waals surface area (Å²) in [5.74, 6) is 0.355. The summed E-state index contributed by atoms with van der Waals surface area (Å²) < 4.78 is 1.97. The lowest BCUT2D eigenvalue weighted by Crippen LogP contribution is -2.25. The van der Waals surface area contributed by atoms with Crippen LogP contribution in [0.25, 0.3) is 0 Å². The number of carbonyl (C=O) groups is 1. The molecule has 6 nitrogen and oxygen atoms in total. The van der Waals surface area contributed by atoms with Gasteiger partial charge in [0.15, 0.2) is 0 Å². The standard InChI is InChI=1S/C8H14N4O2/c1-2-12-4-3-10-8(12)5-11-14-6-7(9)13/h3-4,11H,2,5-6H2,1H3,(H2,9,13). The third-order valence-electron chi connectivity index (χ3n) is 1.69. The van der Waals surface area contributed by atoms with E-state index >= 15 is 0 Å². The highest BCUT2D eigenvalue weighted by Gasteiger charge is 2.00. The first kappa shape index (κ1) is 10.7. The van der Waals surface area contributed by atoms with Gasteiger partial charge >= 0.3 is 0 Å². The number of hydroxylamine groups is 1. The van der Waals surface area contributed by atoms with Gasteiger partial charge in [-0.3, -0.25) is 9.63 Å². The Morgan fingerprint density at radius 1 is 1.79 bits per heavy atom. The number of hydrogen-bond acceptors (Lipinski definition) is 4. The summed E-state index contributed by atoms with van der Waals surface area (Å²) in [5, 5.41) is 0. The Morgan fingerprint density at radius 3 is 3.21 bits per heavy atom. The van der Waals surface area contributed by atoms with Crippen LogP contribution < -0.4 is 11.2 Å². The van der Waals surface area contributed by atoms with Crippen molar-refractivity contribution in [1.29, 1.82) is 0 Å². The van der Waals surface area contributed by atoms with Gasteiger partial charge in [0.2, 0.25) is 5.91 Å². The predicted octanol–water partition coefficient (Wildman–Crippen LogP) is -0.590. The molecule has 0 atom stereocenters. The van der Waals surface area contributed by atoms with Crippen LogP contribution in [0.1, 0.15) is 12.7 Å². The zero-order valence-electron chi connectivity index (χ0n) is 8.06. The first-order valence-corrected chi connectivity index (χ1v) is 4.37. The maximum Gasteiger partial charge on any atom is 0.245 e. The number of aryl methyl sites for hydroxylation is 1. The van der Waals surface area contributed by atoms with Gasteiger partial charge in [-0.1, -0.05) is 0 Å². The van der Waals surface area contributed by atoms with E-state index in [-0.39, 0.29) is 6.61 Å². The highest BCUT2D eigenvalue weighted by Crippen LogP contribution is 1.96. The molecule has 0 aliphatic carbocycles. The molecule has 0 fully saturated rings. The first-order valence-electron chi connectivity index (χ1n) is 4.37. The number of nitrogens with zero attached hydrogens (tertiary/aromatic N) is 2. The van der Waals surface area contributed by atoms with E-state index in [0.717, 1.165) is 12.4 Å². The molecule has 0 aromatic carbocycles. The molecule has 78 valence electrons. The Kier molecular flexibility index (Phi) is 4.09. The first-order chi connectivity index (χ1) is 6.74. The largest absolute Gasteiger partial charge is 0.368 e. The van der Waals surface area contributed by atoms with Gasteiger partial charge < -0.3 is 10.3 Å². The van der Waals surface area contributed by atoms with Crippen molar-refractivity contribution < 1.29 is 9.63 Å². The van der Waals surface area contributed by atoms with Crippen LogP contribution in [-0.2, 0) is 22.7 Å². The molecular formula is C8H14N4O2. The fourth-order valence-corrected chi connectivity index (χ4v) is 1.03. The molecule has 0 aliphatic rings. The lowest BCUT2D eigenvalue weighted by Gasteiger charge is -2.05. The van der Waals surface area contributed by atoms with Crippen molar-refractivity contribution in [2.24, 2.45) is 5.73 Å². The fraction of sp³-hybridized carbons (Fsp3) is 0.500. The zero-order chi connectivity index (χ0) is 10.4. The topological polar surface area (TPSA) is 82.2 Å². The average molecular weight is 198 g/mol. The number of rotatable bonds is 6. The summed E-state index contributed by atoms with van der Waals surface area (Å²) in [6, 6.07) is 0. The third-order valence-corrected chi connectivity index (χ3v) is 1.69. The van der Waals surface area contributed by atoms with Crippen molar-refractivity contribution in [3.05, 3.63) is 18.2 Å². The number of nitrogens with one attached hydrogen (secondary N) is 1. The van der Waals surface area contributed by atoms with Gasteiger partial charge in [-0.25, -0.2) is 4.98 Å². The van der Waals surface area contributed by atoms with E-state index in [0.29, 0.717) is 6.54 Å². The molecule has 0 radical (unpaired) electrons. The molecule has 1 heterocycles. The molecule has 1 aromatic heterocycles. The maximum atomic E-state index is 10.3. The SMILES string of the molecule is CCn1ccnc1CNOCC(N)=O. The molecule has 6 heteroatoms. The van der Waals surface area contributed by atoms with Gasteiger partial charge in [0.05, 0.1) is 6.54 Å². The van der Waals surface area contributed by atoms with Gasteiger partial charge in [-0.15, -0.1) is 0 Å². The van der Waals surface area contributed by atoms with Crippen LogP contribution in [-0.4, -0.2) is 22.1 Å². The molecule has 1 rings (SSSR count). The number of primary amides is 1. The van der Waals surface area contributed by atoms with Crippen molar-refractivity contribution in [3.8, 4) is 0 Å². The van der Waals surface area contributed by atoms with Crippen LogP contribution in [0, 0.1) is 0 Å². The molecule has 0 spiro atoms. The van der Waals surface area contributed by atoms with Gasteiger partial charge in [-0.2, -0.15) is 5.48 Å². The average Bonchev–Trinajstić information content (AvgIpc) is 2.59. The van der Waals surface area contributed by atoms with Crippen LogP contribution in [0.4, 0.5) is 0 Å². The fourth-order valence-electron chi connectivity index (χ4n) is 1.03. The zero-order valence-corrected chi connectivity index (χ0v) is 8.06. The minimum absolute atomic E-state index is 0.132. The Balaban J connectivity index is 2.27. The monoisotopic (exact) mass is 198 g/mol. The second kappa shape index (κ2) is 5.36. The molecule has 0 bridgehead atoms. The van der Waals surface area contributed by atoms with E-state index in [9.17, 15) is 4.79 Å². The normalized spacial score (nSPS) is 10.4. The molecule has 0 saturated carbocycles. The molecule has 0 unspecified atom stereocenters. The number of imidazole rings is 1. The Labute approximate surface area is 82.0 Å². The van der Waals surface area contributed by atoms with Crippen LogP contribution in [0.2, 0.25) is 0 Å². The maximum absolute atomic E-state index is 10.3. The molecule has 0 aliphatic heterocycles. The molecule has 1 amide bonds. The molecule has 3 N–H and O–H groups in total. The van der Waals surface area contributed by atoms with Gasteiger partial charge in [0, 0.05) is 18.9 Å². The van der Waals surface area contributed by atoms with Crippen LogP contribution >= 0.6 is 0 Å². The number of hydrogen-bond donors (Lipinski definition) is 2. The Hall–Kier alpha value is -1.40. The second-order valence-electron chi connectivity index (χ2n) is 2.71. The number of amides is 1. The molecule has 0 saturated heterocycles. The molecule has 1 aromatic rings. The summed E-state index contributed by atoms with van der Waals surface area (Å²) >= 11 is 0. The summed E-state index contributed by atoms with van der Waals surface area (Å²) in [5.41, 5.74) is 7.49. The number of carbonyl (C=O) groups excluding carboxylic acids is 1. The second-order valence-corrected chi connectivity index (χ2v) is 2.71. The van der Waals surface area contributed by atoms with E-state index in [1.807, 2.05) is 17.7 Å². The Morgan fingerprint density at radius 2 is 2.57 bits per heavy atom. The van der Waals surface area contributed by atoms with Crippen molar-refractivity contribution >= 4 is 5.91 Å². The summed E-state index contributed by atoms with van der Waals surface area (Å²) in [4.78, 5) is 19.2. The van der Waals surface area contributed by atoms with Crippen molar-refractivity contribution in [3.63, 3.8) is 0 Å². The minimum atomic E-state index is -0.503.